The second kappa shape index (κ2) is 7.09. The standard InChI is InChI=1S/C19H25N3O2/c1-13-7-15-9-17(23-4)16(10-18(15)24-13)12-20-11-14-5-6-21-19(8-14)22(2)3/h5-6,8-10,13,20H,7,11-12H2,1-4H3. The van der Waals surface area contributed by atoms with Crippen LogP contribution in [0.3, 0.4) is 0 Å². The molecule has 0 fully saturated rings. The van der Waals surface area contributed by atoms with Gasteiger partial charge in [0, 0.05) is 50.9 Å². The Morgan fingerprint density at radius 2 is 2.12 bits per heavy atom. The van der Waals surface area contributed by atoms with E-state index < -0.39 is 0 Å². The number of aromatic nitrogens is 1. The first-order valence-corrected chi connectivity index (χ1v) is 8.26. The Bertz CT molecular complexity index is 716. The Morgan fingerprint density at radius 3 is 2.88 bits per heavy atom. The molecule has 2 aromatic rings. The molecule has 0 bridgehead atoms. The molecule has 0 amide bonds. The maximum absolute atomic E-state index is 5.86. The number of hydrogen-bond donors (Lipinski definition) is 1. The molecule has 0 spiro atoms. The molecule has 1 aromatic heterocycles. The summed E-state index contributed by atoms with van der Waals surface area (Å²) in [4.78, 5) is 6.35. The maximum Gasteiger partial charge on any atom is 0.128 e. The van der Waals surface area contributed by atoms with Crippen molar-refractivity contribution < 1.29 is 9.47 Å². The van der Waals surface area contributed by atoms with Gasteiger partial charge >= 0.3 is 0 Å². The van der Waals surface area contributed by atoms with E-state index in [4.69, 9.17) is 9.47 Å². The van der Waals surface area contributed by atoms with E-state index in [-0.39, 0.29) is 6.10 Å². The van der Waals surface area contributed by atoms with Gasteiger partial charge in [-0.2, -0.15) is 0 Å². The molecule has 1 N–H and O–H groups in total. The third-order valence-electron chi connectivity index (χ3n) is 4.21. The van der Waals surface area contributed by atoms with Crippen LogP contribution in [-0.4, -0.2) is 32.3 Å². The molecule has 0 saturated carbocycles. The lowest BCUT2D eigenvalue weighted by Gasteiger charge is -2.14. The predicted molar refractivity (Wildman–Crippen MR) is 95.9 cm³/mol. The molecule has 0 aliphatic carbocycles. The fourth-order valence-electron chi connectivity index (χ4n) is 2.97. The molecule has 1 unspecified atom stereocenters. The SMILES string of the molecule is COc1cc2c(cc1CNCc1ccnc(N(C)C)c1)OC(C)C2. The van der Waals surface area contributed by atoms with Crippen LogP contribution in [0.25, 0.3) is 0 Å². The van der Waals surface area contributed by atoms with Crippen molar-refractivity contribution in [1.82, 2.24) is 10.3 Å². The van der Waals surface area contributed by atoms with Crippen LogP contribution in [0.1, 0.15) is 23.6 Å². The number of hydrogen-bond acceptors (Lipinski definition) is 5. The second-order valence-electron chi connectivity index (χ2n) is 6.42. The van der Waals surface area contributed by atoms with Crippen molar-refractivity contribution in [1.29, 1.82) is 0 Å². The van der Waals surface area contributed by atoms with Crippen molar-refractivity contribution in [2.75, 3.05) is 26.1 Å². The molecule has 5 heteroatoms. The first kappa shape index (κ1) is 16.6. The minimum atomic E-state index is 0.245. The summed E-state index contributed by atoms with van der Waals surface area (Å²) in [6.07, 6.45) is 3.04. The molecule has 1 aliphatic heterocycles. The highest BCUT2D eigenvalue weighted by Crippen LogP contribution is 2.34. The summed E-state index contributed by atoms with van der Waals surface area (Å²) in [7, 11) is 5.71. The van der Waals surface area contributed by atoms with Crippen molar-refractivity contribution in [3.8, 4) is 11.5 Å². The molecule has 1 aliphatic rings. The Morgan fingerprint density at radius 1 is 1.29 bits per heavy atom. The van der Waals surface area contributed by atoms with Gasteiger partial charge in [-0.15, -0.1) is 0 Å². The second-order valence-corrected chi connectivity index (χ2v) is 6.42. The average molecular weight is 327 g/mol. The van der Waals surface area contributed by atoms with E-state index in [1.165, 1.54) is 11.1 Å². The molecule has 1 atom stereocenters. The van der Waals surface area contributed by atoms with Gasteiger partial charge in [0.1, 0.15) is 23.4 Å². The minimum absolute atomic E-state index is 0.245. The Hall–Kier alpha value is -2.27. The molecular formula is C19H25N3O2. The van der Waals surface area contributed by atoms with Crippen molar-refractivity contribution in [3.05, 3.63) is 47.2 Å². The van der Waals surface area contributed by atoms with Gasteiger partial charge in [0.15, 0.2) is 0 Å². The van der Waals surface area contributed by atoms with Crippen molar-refractivity contribution in [2.24, 2.45) is 0 Å². The highest BCUT2D eigenvalue weighted by molar-refractivity contribution is 5.48. The number of nitrogens with one attached hydrogen (secondary N) is 1. The number of anilines is 1. The lowest BCUT2D eigenvalue weighted by atomic mass is 10.1. The van der Waals surface area contributed by atoms with Crippen LogP contribution in [0.4, 0.5) is 5.82 Å². The summed E-state index contributed by atoms with van der Waals surface area (Å²) in [5.74, 6) is 2.87. The lowest BCUT2D eigenvalue weighted by Crippen LogP contribution is -2.15. The highest BCUT2D eigenvalue weighted by atomic mass is 16.5. The van der Waals surface area contributed by atoms with Gasteiger partial charge in [-0.05, 0) is 36.8 Å². The number of methoxy groups -OCH3 is 1. The van der Waals surface area contributed by atoms with Gasteiger partial charge in [0.05, 0.1) is 7.11 Å². The van der Waals surface area contributed by atoms with Crippen LogP contribution in [0.15, 0.2) is 30.5 Å². The van der Waals surface area contributed by atoms with Crippen molar-refractivity contribution in [2.45, 2.75) is 32.5 Å². The summed E-state index contributed by atoms with van der Waals surface area (Å²) >= 11 is 0. The third-order valence-corrected chi connectivity index (χ3v) is 4.21. The molecule has 2 heterocycles. The molecule has 5 nitrogen and oxygen atoms in total. The molecule has 0 radical (unpaired) electrons. The lowest BCUT2D eigenvalue weighted by molar-refractivity contribution is 0.254. The number of nitrogens with zero attached hydrogens (tertiary/aromatic N) is 2. The smallest absolute Gasteiger partial charge is 0.128 e. The molecule has 24 heavy (non-hydrogen) atoms. The first-order chi connectivity index (χ1) is 11.6. The normalized spacial score (nSPS) is 15.8. The largest absolute Gasteiger partial charge is 0.496 e. The number of pyridine rings is 1. The van der Waals surface area contributed by atoms with Gasteiger partial charge in [-0.1, -0.05) is 0 Å². The number of fused-ring (bicyclic) bond motifs is 1. The van der Waals surface area contributed by atoms with Gasteiger partial charge in [-0.25, -0.2) is 4.98 Å². The van der Waals surface area contributed by atoms with Crippen molar-refractivity contribution in [3.63, 3.8) is 0 Å². The van der Waals surface area contributed by atoms with Crippen LogP contribution in [0.2, 0.25) is 0 Å². The Balaban J connectivity index is 1.67. The average Bonchev–Trinajstić information content (AvgIpc) is 2.93. The van der Waals surface area contributed by atoms with Crippen LogP contribution >= 0.6 is 0 Å². The topological polar surface area (TPSA) is 46.6 Å². The zero-order chi connectivity index (χ0) is 17.1. The first-order valence-electron chi connectivity index (χ1n) is 8.26. The Kier molecular flexibility index (Phi) is 4.90. The molecule has 0 saturated heterocycles. The zero-order valence-electron chi connectivity index (χ0n) is 14.8. The van der Waals surface area contributed by atoms with Crippen LogP contribution < -0.4 is 19.7 Å². The zero-order valence-corrected chi connectivity index (χ0v) is 14.8. The number of ether oxygens (including phenoxy) is 2. The predicted octanol–water partition coefficient (Wildman–Crippen LogP) is 2.77. The molecule has 128 valence electrons. The van der Waals surface area contributed by atoms with Crippen molar-refractivity contribution >= 4 is 5.82 Å². The Labute approximate surface area is 143 Å². The summed E-state index contributed by atoms with van der Waals surface area (Å²) in [5, 5.41) is 3.48. The van der Waals surface area contributed by atoms with E-state index in [1.807, 2.05) is 31.3 Å². The van der Waals surface area contributed by atoms with Gasteiger partial charge in [0.2, 0.25) is 0 Å². The van der Waals surface area contributed by atoms with Gasteiger partial charge in [-0.3, -0.25) is 0 Å². The van der Waals surface area contributed by atoms with E-state index in [0.29, 0.717) is 0 Å². The third kappa shape index (κ3) is 3.62. The molecule has 1 aromatic carbocycles. The van der Waals surface area contributed by atoms with Crippen LogP contribution in [0, 0.1) is 0 Å². The van der Waals surface area contributed by atoms with Gasteiger partial charge in [0.25, 0.3) is 0 Å². The maximum atomic E-state index is 5.86. The quantitative estimate of drug-likeness (QED) is 0.884. The van der Waals surface area contributed by atoms with E-state index in [2.05, 4.69) is 35.4 Å². The van der Waals surface area contributed by atoms with E-state index in [1.54, 1.807) is 7.11 Å². The molecular weight excluding hydrogens is 302 g/mol. The summed E-state index contributed by atoms with van der Waals surface area (Å²) in [6.45, 7) is 3.60. The van der Waals surface area contributed by atoms with Gasteiger partial charge < -0.3 is 19.7 Å². The fourth-order valence-corrected chi connectivity index (χ4v) is 2.97. The van der Waals surface area contributed by atoms with Crippen LogP contribution in [0.5, 0.6) is 11.5 Å². The summed E-state index contributed by atoms with van der Waals surface area (Å²) in [5.41, 5.74) is 3.55. The summed E-state index contributed by atoms with van der Waals surface area (Å²) in [6, 6.07) is 8.33. The van der Waals surface area contributed by atoms with Crippen LogP contribution in [-0.2, 0) is 19.5 Å². The number of rotatable bonds is 6. The van der Waals surface area contributed by atoms with E-state index in [0.717, 1.165) is 42.4 Å². The number of benzene rings is 1. The van der Waals surface area contributed by atoms with E-state index in [9.17, 15) is 0 Å². The van der Waals surface area contributed by atoms with E-state index >= 15 is 0 Å². The fraction of sp³-hybridized carbons (Fsp3) is 0.421. The minimum Gasteiger partial charge on any atom is -0.496 e. The summed E-state index contributed by atoms with van der Waals surface area (Å²) < 4.78 is 11.4. The molecule has 3 rings (SSSR count). The highest BCUT2D eigenvalue weighted by Gasteiger charge is 2.21. The monoisotopic (exact) mass is 327 g/mol.